The minimum atomic E-state index is -2.01. The van der Waals surface area contributed by atoms with Crippen LogP contribution in [0.2, 0.25) is 5.02 Å². The number of nitrogens with one attached hydrogen (secondary N) is 1. The normalized spacial score (nSPS) is 20.4. The van der Waals surface area contributed by atoms with Gasteiger partial charge in [-0.3, -0.25) is 14.4 Å². The predicted molar refractivity (Wildman–Crippen MR) is 157 cm³/mol. The van der Waals surface area contributed by atoms with Gasteiger partial charge < -0.3 is 29.7 Å². The number of hydrogen-bond acceptors (Lipinski definition) is 8. The number of benzene rings is 1. The van der Waals surface area contributed by atoms with Gasteiger partial charge in [-0.05, 0) is 43.4 Å². The topological polar surface area (TPSA) is 151 Å². The molecule has 1 aliphatic carbocycles. The summed E-state index contributed by atoms with van der Waals surface area (Å²) in [4.78, 5) is 58.2. The Kier molecular flexibility index (Phi) is 7.50. The summed E-state index contributed by atoms with van der Waals surface area (Å²) in [5, 5.41) is 24.7. The van der Waals surface area contributed by atoms with Crippen LogP contribution >= 0.6 is 11.6 Å². The number of carbonyl (C=O) groups excluding carboxylic acids is 3. The molecule has 3 aliphatic rings. The van der Waals surface area contributed by atoms with E-state index in [4.69, 9.17) is 21.3 Å². The van der Waals surface area contributed by atoms with Gasteiger partial charge in [-0.25, -0.2) is 14.2 Å². The van der Waals surface area contributed by atoms with Crippen LogP contribution in [-0.2, 0) is 44.3 Å². The van der Waals surface area contributed by atoms with Crippen molar-refractivity contribution in [2.24, 2.45) is 0 Å². The smallest absolute Gasteiger partial charge is 0.343 e. The molecule has 232 valence electrons. The van der Waals surface area contributed by atoms with E-state index in [1.807, 2.05) is 0 Å². The third-order valence-corrected chi connectivity index (χ3v) is 9.26. The van der Waals surface area contributed by atoms with Gasteiger partial charge in [0.15, 0.2) is 5.60 Å². The Morgan fingerprint density at radius 2 is 2.02 bits per heavy atom. The Labute approximate surface area is 256 Å². The number of aryl methyl sites for hydroxylation is 1. The highest BCUT2D eigenvalue weighted by molar-refractivity contribution is 6.32. The number of fused-ring (bicyclic) bond motifs is 5. The van der Waals surface area contributed by atoms with Crippen LogP contribution in [0.1, 0.15) is 73.9 Å². The van der Waals surface area contributed by atoms with Crippen LogP contribution in [0.4, 0.5) is 4.39 Å². The number of cyclic esters (lactones) is 1. The molecule has 0 radical (unpaired) electrons. The maximum absolute atomic E-state index is 15.0. The third-order valence-electron chi connectivity index (χ3n) is 8.85. The lowest BCUT2D eigenvalue weighted by Gasteiger charge is -2.31. The number of hydrogen-bond donors (Lipinski definition) is 3. The van der Waals surface area contributed by atoms with E-state index in [1.54, 1.807) is 19.9 Å². The molecule has 1 aromatic carbocycles. The number of carbonyl (C=O) groups is 3. The summed E-state index contributed by atoms with van der Waals surface area (Å²) in [5.74, 6) is -2.21. The summed E-state index contributed by atoms with van der Waals surface area (Å²) in [5.41, 5.74) is 0.708. The SMILES string of the molecule is CCC(=O)N(CC(=O)NC1CCc2c(Cl)c(F)cc3nc4c(c1c23)Cn1c-4cc2c(c1=O)COC(=O)[C@]2(O)CC)CC(C)O. The molecule has 44 heavy (non-hydrogen) atoms. The molecule has 2 amide bonds. The first kappa shape index (κ1) is 30.2. The van der Waals surface area contributed by atoms with Gasteiger partial charge in [0.05, 0.1) is 52.7 Å². The molecule has 3 N–H and O–H groups in total. The van der Waals surface area contributed by atoms with Gasteiger partial charge >= 0.3 is 5.97 Å². The summed E-state index contributed by atoms with van der Waals surface area (Å²) in [6.45, 7) is 4.35. The molecule has 6 rings (SSSR count). The number of aliphatic hydroxyl groups excluding tert-OH is 1. The molecule has 0 saturated carbocycles. The van der Waals surface area contributed by atoms with E-state index in [0.717, 1.165) is 0 Å². The number of halogens is 2. The minimum Gasteiger partial charge on any atom is -0.458 e. The highest BCUT2D eigenvalue weighted by Gasteiger charge is 2.46. The molecular formula is C31H32ClFN4O7. The van der Waals surface area contributed by atoms with Crippen molar-refractivity contribution in [3.05, 3.63) is 61.1 Å². The van der Waals surface area contributed by atoms with Gasteiger partial charge in [-0.2, -0.15) is 0 Å². The summed E-state index contributed by atoms with van der Waals surface area (Å²) in [6.07, 6.45) is 0.0409. The molecule has 0 saturated heterocycles. The number of amides is 2. The number of aromatic nitrogens is 2. The van der Waals surface area contributed by atoms with Crippen molar-refractivity contribution in [2.75, 3.05) is 13.1 Å². The van der Waals surface area contributed by atoms with Crippen molar-refractivity contribution in [3.63, 3.8) is 0 Å². The molecule has 3 atom stereocenters. The second-order valence-electron chi connectivity index (χ2n) is 11.6. The quantitative estimate of drug-likeness (QED) is 0.265. The molecule has 0 fully saturated rings. The molecular weight excluding hydrogens is 595 g/mol. The molecule has 3 aromatic rings. The Balaban J connectivity index is 1.49. The number of aliphatic hydroxyl groups is 2. The van der Waals surface area contributed by atoms with Crippen LogP contribution in [0.3, 0.4) is 0 Å². The van der Waals surface area contributed by atoms with Gasteiger partial charge in [-0.1, -0.05) is 25.4 Å². The summed E-state index contributed by atoms with van der Waals surface area (Å²) in [6, 6.07) is 2.21. The Morgan fingerprint density at radius 3 is 2.70 bits per heavy atom. The number of ether oxygens (including phenoxy) is 1. The summed E-state index contributed by atoms with van der Waals surface area (Å²) >= 11 is 6.43. The van der Waals surface area contributed by atoms with Crippen molar-refractivity contribution < 1.29 is 33.7 Å². The maximum atomic E-state index is 15.0. The lowest BCUT2D eigenvalue weighted by atomic mass is 9.83. The van der Waals surface area contributed by atoms with E-state index in [2.05, 4.69) is 5.32 Å². The van der Waals surface area contributed by atoms with Crippen molar-refractivity contribution in [2.45, 2.75) is 77.4 Å². The highest BCUT2D eigenvalue weighted by Crippen LogP contribution is 2.46. The average molecular weight is 627 g/mol. The first-order valence-corrected chi connectivity index (χ1v) is 15.0. The summed E-state index contributed by atoms with van der Waals surface area (Å²) < 4.78 is 21.7. The van der Waals surface area contributed by atoms with E-state index in [0.29, 0.717) is 46.3 Å². The number of nitrogens with zero attached hydrogens (tertiary/aromatic N) is 3. The van der Waals surface area contributed by atoms with E-state index in [-0.39, 0.29) is 66.7 Å². The van der Waals surface area contributed by atoms with Crippen molar-refractivity contribution in [1.29, 1.82) is 0 Å². The second kappa shape index (κ2) is 10.9. The second-order valence-corrected chi connectivity index (χ2v) is 12.0. The average Bonchev–Trinajstić information content (AvgIpc) is 3.36. The first-order chi connectivity index (χ1) is 20.9. The van der Waals surface area contributed by atoms with Gasteiger partial charge in [0.25, 0.3) is 5.56 Å². The predicted octanol–water partition coefficient (Wildman–Crippen LogP) is 2.60. The Bertz CT molecular complexity index is 1820. The number of rotatable bonds is 7. The van der Waals surface area contributed by atoms with Gasteiger partial charge in [-0.15, -0.1) is 0 Å². The lowest BCUT2D eigenvalue weighted by molar-refractivity contribution is -0.172. The third kappa shape index (κ3) is 4.58. The molecule has 0 spiro atoms. The highest BCUT2D eigenvalue weighted by atomic mass is 35.5. The molecule has 4 heterocycles. The van der Waals surface area contributed by atoms with Crippen LogP contribution in [0.15, 0.2) is 16.9 Å². The monoisotopic (exact) mass is 626 g/mol. The lowest BCUT2D eigenvalue weighted by Crippen LogP contribution is -2.44. The zero-order valence-electron chi connectivity index (χ0n) is 24.5. The number of pyridine rings is 2. The van der Waals surface area contributed by atoms with E-state index in [9.17, 15) is 29.4 Å². The maximum Gasteiger partial charge on any atom is 0.343 e. The molecule has 0 bridgehead atoms. The fourth-order valence-corrected chi connectivity index (χ4v) is 6.95. The zero-order chi connectivity index (χ0) is 31.7. The van der Waals surface area contributed by atoms with E-state index >= 15 is 4.39 Å². The zero-order valence-corrected chi connectivity index (χ0v) is 25.3. The van der Waals surface area contributed by atoms with Crippen LogP contribution in [0.25, 0.3) is 22.3 Å². The van der Waals surface area contributed by atoms with Crippen LogP contribution < -0.4 is 10.9 Å². The molecule has 13 heteroatoms. The van der Waals surface area contributed by atoms with Crippen molar-refractivity contribution in [3.8, 4) is 11.4 Å². The van der Waals surface area contributed by atoms with Crippen molar-refractivity contribution in [1.82, 2.24) is 19.8 Å². The molecule has 2 aliphatic heterocycles. The van der Waals surface area contributed by atoms with E-state index < -0.39 is 41.0 Å². The van der Waals surface area contributed by atoms with Gasteiger partial charge in [0.1, 0.15) is 12.4 Å². The fraction of sp³-hybridized carbons (Fsp3) is 0.452. The van der Waals surface area contributed by atoms with Gasteiger partial charge in [0.2, 0.25) is 11.8 Å². The van der Waals surface area contributed by atoms with E-state index in [1.165, 1.54) is 22.5 Å². The van der Waals surface area contributed by atoms with Crippen LogP contribution in [-0.4, -0.2) is 61.6 Å². The van der Waals surface area contributed by atoms with Crippen LogP contribution in [0.5, 0.6) is 0 Å². The standard InChI is InChI=1S/C31H32ClFN4O7/c1-4-24(40)36(10-14(3)38)12-23(39)34-20-7-6-15-25-21(9-19(33)27(15)32)35-28-16(26(20)25)11-37-22(28)8-18-17(29(37)41)13-44-30(42)31(18,43)5-2/h8-9,14,20,38,43H,4-7,10-13H2,1-3H3,(H,34,39)/t14?,20?,31-/m0/s1. The minimum absolute atomic E-state index is 0.00338. The largest absolute Gasteiger partial charge is 0.458 e. The first-order valence-electron chi connectivity index (χ1n) is 14.6. The van der Waals surface area contributed by atoms with Crippen LogP contribution in [0, 0.1) is 5.82 Å². The fourth-order valence-electron chi connectivity index (χ4n) is 6.71. The Morgan fingerprint density at radius 1 is 1.27 bits per heavy atom. The summed E-state index contributed by atoms with van der Waals surface area (Å²) in [7, 11) is 0. The Hall–Kier alpha value is -3.87. The van der Waals surface area contributed by atoms with Gasteiger partial charge in [0, 0.05) is 35.5 Å². The molecule has 2 aromatic heterocycles. The number of esters is 1. The molecule has 11 nitrogen and oxygen atoms in total. The van der Waals surface area contributed by atoms with Crippen molar-refractivity contribution >= 4 is 40.3 Å². The molecule has 2 unspecified atom stereocenters.